The third-order valence-electron chi connectivity index (χ3n) is 3.08. The van der Waals surface area contributed by atoms with Crippen LogP contribution in [-0.2, 0) is 13.6 Å². The average molecular weight is 261 g/mol. The Morgan fingerprint density at radius 2 is 2.16 bits per heavy atom. The lowest BCUT2D eigenvalue weighted by atomic mass is 10.1. The summed E-state index contributed by atoms with van der Waals surface area (Å²) < 4.78 is 14.7. The fraction of sp³-hybridized carbons (Fsp3) is 0.286. The predicted octanol–water partition coefficient (Wildman–Crippen LogP) is 2.11. The molecule has 0 aliphatic heterocycles. The Bertz CT molecular complexity index is 619. The number of hydrogen-bond donors (Lipinski definition) is 1. The topological polar surface area (TPSA) is 46.9 Å². The van der Waals surface area contributed by atoms with E-state index in [1.807, 2.05) is 6.92 Å². The molecule has 1 heterocycles. The van der Waals surface area contributed by atoms with Crippen molar-refractivity contribution in [2.24, 2.45) is 7.05 Å². The number of aromatic nitrogens is 2. The van der Waals surface area contributed by atoms with Gasteiger partial charge in [-0.2, -0.15) is 5.10 Å². The van der Waals surface area contributed by atoms with Crippen molar-refractivity contribution < 1.29 is 9.18 Å². The van der Waals surface area contributed by atoms with Crippen molar-refractivity contribution in [3.8, 4) is 0 Å². The molecule has 1 N–H and O–H groups in total. The number of benzene rings is 1. The second-order valence-corrected chi connectivity index (χ2v) is 4.48. The maximum Gasteiger partial charge on any atom is 0.255 e. The number of nitrogens with one attached hydrogen (secondary N) is 1. The summed E-state index contributed by atoms with van der Waals surface area (Å²) >= 11 is 0. The van der Waals surface area contributed by atoms with Crippen molar-refractivity contribution in [2.75, 3.05) is 0 Å². The van der Waals surface area contributed by atoms with Crippen molar-refractivity contribution in [1.29, 1.82) is 0 Å². The van der Waals surface area contributed by atoms with Crippen LogP contribution in [-0.4, -0.2) is 15.7 Å². The minimum Gasteiger partial charge on any atom is -0.348 e. The van der Waals surface area contributed by atoms with Crippen LogP contribution in [0.3, 0.4) is 0 Å². The molecule has 1 aromatic heterocycles. The zero-order valence-corrected chi connectivity index (χ0v) is 11.2. The van der Waals surface area contributed by atoms with Crippen molar-refractivity contribution in [3.05, 3.63) is 52.6 Å². The molecule has 1 amide bonds. The van der Waals surface area contributed by atoms with Crippen LogP contribution in [0.2, 0.25) is 0 Å². The van der Waals surface area contributed by atoms with Gasteiger partial charge in [0.15, 0.2) is 0 Å². The third-order valence-corrected chi connectivity index (χ3v) is 3.08. The van der Waals surface area contributed by atoms with Crippen molar-refractivity contribution in [1.82, 2.24) is 15.1 Å². The summed E-state index contributed by atoms with van der Waals surface area (Å²) in [6, 6.07) is 6.17. The molecule has 0 saturated heterocycles. The van der Waals surface area contributed by atoms with Gasteiger partial charge in [0.25, 0.3) is 5.91 Å². The summed E-state index contributed by atoms with van der Waals surface area (Å²) in [5.41, 5.74) is 2.82. The molecule has 0 fully saturated rings. The van der Waals surface area contributed by atoms with Crippen molar-refractivity contribution in [2.45, 2.75) is 20.4 Å². The Hall–Kier alpha value is -2.17. The van der Waals surface area contributed by atoms with Gasteiger partial charge in [-0.3, -0.25) is 9.48 Å². The molecule has 1 aromatic carbocycles. The van der Waals surface area contributed by atoms with Crippen molar-refractivity contribution in [3.63, 3.8) is 0 Å². The van der Waals surface area contributed by atoms with Gasteiger partial charge in [0.2, 0.25) is 0 Å². The minimum atomic E-state index is -0.305. The second-order valence-electron chi connectivity index (χ2n) is 4.48. The minimum absolute atomic E-state index is 0.188. The quantitative estimate of drug-likeness (QED) is 0.919. The van der Waals surface area contributed by atoms with E-state index in [1.165, 1.54) is 12.1 Å². The van der Waals surface area contributed by atoms with Crippen molar-refractivity contribution >= 4 is 5.91 Å². The molecule has 0 unspecified atom stereocenters. The molecule has 5 heteroatoms. The first-order valence-electron chi connectivity index (χ1n) is 6.02. The van der Waals surface area contributed by atoms with Crippen LogP contribution in [0.5, 0.6) is 0 Å². The molecule has 2 aromatic rings. The van der Waals surface area contributed by atoms with Gasteiger partial charge in [-0.25, -0.2) is 4.39 Å². The first-order chi connectivity index (χ1) is 8.99. The van der Waals surface area contributed by atoms with Crippen LogP contribution in [0.4, 0.5) is 4.39 Å². The van der Waals surface area contributed by atoms with Gasteiger partial charge in [-0.1, -0.05) is 12.1 Å². The molecular formula is C14H16FN3O. The predicted molar refractivity (Wildman–Crippen MR) is 70.3 cm³/mol. The lowest BCUT2D eigenvalue weighted by molar-refractivity contribution is 0.0949. The molecule has 2 rings (SSSR count). The fourth-order valence-electron chi connectivity index (χ4n) is 2.02. The first-order valence-corrected chi connectivity index (χ1v) is 6.02. The highest BCUT2D eigenvalue weighted by molar-refractivity contribution is 5.96. The monoisotopic (exact) mass is 261 g/mol. The van der Waals surface area contributed by atoms with E-state index in [0.29, 0.717) is 17.8 Å². The van der Waals surface area contributed by atoms with E-state index in [0.717, 1.165) is 11.3 Å². The Balaban J connectivity index is 2.10. The SMILES string of the molecule is Cc1nn(C)c(C)c1C(=O)NCc1cccc(F)c1. The Labute approximate surface area is 111 Å². The summed E-state index contributed by atoms with van der Waals surface area (Å²) in [5.74, 6) is -0.493. The van der Waals surface area contributed by atoms with E-state index in [9.17, 15) is 9.18 Å². The molecular weight excluding hydrogens is 245 g/mol. The number of hydrogen-bond acceptors (Lipinski definition) is 2. The van der Waals surface area contributed by atoms with Gasteiger partial charge < -0.3 is 5.32 Å². The Morgan fingerprint density at radius 1 is 1.42 bits per heavy atom. The number of carbonyl (C=O) groups excluding carboxylic acids is 1. The summed E-state index contributed by atoms with van der Waals surface area (Å²) in [5, 5.41) is 6.98. The van der Waals surface area contributed by atoms with Crippen LogP contribution in [0, 0.1) is 19.7 Å². The first kappa shape index (κ1) is 13.3. The highest BCUT2D eigenvalue weighted by Gasteiger charge is 2.16. The molecule has 4 nitrogen and oxygen atoms in total. The van der Waals surface area contributed by atoms with Gasteiger partial charge in [0, 0.05) is 19.3 Å². The number of amides is 1. The molecule has 0 aliphatic carbocycles. The molecule has 100 valence electrons. The highest BCUT2D eigenvalue weighted by Crippen LogP contribution is 2.12. The molecule has 0 spiro atoms. The van der Waals surface area contributed by atoms with Gasteiger partial charge in [-0.15, -0.1) is 0 Å². The maximum atomic E-state index is 13.0. The van der Waals surface area contributed by atoms with Crippen LogP contribution in [0.1, 0.15) is 27.3 Å². The Morgan fingerprint density at radius 3 is 2.74 bits per heavy atom. The van der Waals surface area contributed by atoms with E-state index in [2.05, 4.69) is 10.4 Å². The zero-order valence-electron chi connectivity index (χ0n) is 11.2. The van der Waals surface area contributed by atoms with Gasteiger partial charge >= 0.3 is 0 Å². The largest absolute Gasteiger partial charge is 0.348 e. The molecule has 0 atom stereocenters. The third kappa shape index (κ3) is 2.81. The molecule has 0 radical (unpaired) electrons. The van der Waals surface area contributed by atoms with Gasteiger partial charge in [0.1, 0.15) is 5.82 Å². The molecule has 0 bridgehead atoms. The molecule has 0 aliphatic rings. The standard InChI is InChI=1S/C14H16FN3O/c1-9-13(10(2)18(3)17-9)14(19)16-8-11-5-4-6-12(15)7-11/h4-7H,8H2,1-3H3,(H,16,19). The molecule has 0 saturated carbocycles. The van der Waals surface area contributed by atoms with Crippen LogP contribution >= 0.6 is 0 Å². The average Bonchev–Trinajstić information content (AvgIpc) is 2.61. The smallest absolute Gasteiger partial charge is 0.255 e. The Kier molecular flexibility index (Phi) is 3.64. The lowest BCUT2D eigenvalue weighted by Gasteiger charge is -2.06. The fourth-order valence-corrected chi connectivity index (χ4v) is 2.02. The van der Waals surface area contributed by atoms with Crippen LogP contribution in [0.15, 0.2) is 24.3 Å². The molecule has 19 heavy (non-hydrogen) atoms. The van der Waals surface area contributed by atoms with Crippen LogP contribution in [0.25, 0.3) is 0 Å². The van der Waals surface area contributed by atoms with Gasteiger partial charge in [-0.05, 0) is 31.5 Å². The summed E-state index contributed by atoms with van der Waals surface area (Å²) in [6.45, 7) is 3.94. The normalized spacial score (nSPS) is 10.5. The number of rotatable bonds is 3. The number of aryl methyl sites for hydroxylation is 2. The number of nitrogens with zero attached hydrogens (tertiary/aromatic N) is 2. The second kappa shape index (κ2) is 5.22. The number of carbonyl (C=O) groups is 1. The maximum absolute atomic E-state index is 13.0. The highest BCUT2D eigenvalue weighted by atomic mass is 19.1. The van der Waals surface area contributed by atoms with E-state index in [4.69, 9.17) is 0 Å². The summed E-state index contributed by atoms with van der Waals surface area (Å²) in [7, 11) is 1.80. The number of halogens is 1. The van der Waals surface area contributed by atoms with E-state index >= 15 is 0 Å². The van der Waals surface area contributed by atoms with Gasteiger partial charge in [0.05, 0.1) is 11.3 Å². The van der Waals surface area contributed by atoms with Crippen LogP contribution < -0.4 is 5.32 Å². The summed E-state index contributed by atoms with van der Waals surface area (Å²) in [4.78, 5) is 12.1. The van der Waals surface area contributed by atoms with E-state index < -0.39 is 0 Å². The zero-order chi connectivity index (χ0) is 14.0. The summed E-state index contributed by atoms with van der Waals surface area (Å²) in [6.07, 6.45) is 0. The lowest BCUT2D eigenvalue weighted by Crippen LogP contribution is -2.24. The van der Waals surface area contributed by atoms with E-state index in [1.54, 1.807) is 30.8 Å². The van der Waals surface area contributed by atoms with E-state index in [-0.39, 0.29) is 11.7 Å².